The molecule has 1 aromatic carbocycles. The van der Waals surface area contributed by atoms with E-state index in [0.29, 0.717) is 6.04 Å². The van der Waals surface area contributed by atoms with Gasteiger partial charge >= 0.3 is 0 Å². The van der Waals surface area contributed by atoms with E-state index in [4.69, 9.17) is 0 Å². The molecule has 0 radical (unpaired) electrons. The van der Waals surface area contributed by atoms with Crippen LogP contribution in [0, 0.1) is 0 Å². The van der Waals surface area contributed by atoms with Crippen molar-refractivity contribution in [2.24, 2.45) is 0 Å². The summed E-state index contributed by atoms with van der Waals surface area (Å²) in [6.07, 6.45) is 3.79. The maximum absolute atomic E-state index is 13.4. The lowest BCUT2D eigenvalue weighted by atomic mass is 9.99. The van der Waals surface area contributed by atoms with E-state index in [-0.39, 0.29) is 17.2 Å². The Labute approximate surface area is 140 Å². The number of rotatable bonds is 1. The molecular weight excluding hydrogens is 306 g/mol. The Bertz CT molecular complexity index is 741. The Balaban J connectivity index is 1.72. The molecule has 5 heteroatoms. The van der Waals surface area contributed by atoms with Crippen LogP contribution >= 0.6 is 11.8 Å². The number of hydrogen-bond acceptors (Lipinski definition) is 3. The van der Waals surface area contributed by atoms with Crippen molar-refractivity contribution < 1.29 is 4.79 Å². The van der Waals surface area contributed by atoms with Gasteiger partial charge in [-0.15, -0.1) is 11.8 Å². The van der Waals surface area contributed by atoms with Crippen molar-refractivity contribution in [3.8, 4) is 0 Å². The minimum absolute atomic E-state index is 0.0980. The number of aryl methyl sites for hydroxylation is 1. The van der Waals surface area contributed by atoms with E-state index < -0.39 is 0 Å². The lowest BCUT2D eigenvalue weighted by Gasteiger charge is -2.39. The summed E-state index contributed by atoms with van der Waals surface area (Å²) in [5.41, 5.74) is 2.50. The number of thioether (sulfide) groups is 1. The van der Waals surface area contributed by atoms with E-state index >= 15 is 0 Å². The second-order valence-corrected chi connectivity index (χ2v) is 7.69. The Morgan fingerprint density at radius 3 is 2.91 bits per heavy atom. The number of anilines is 1. The second-order valence-electron chi connectivity index (χ2n) is 6.48. The molecule has 1 aromatic heterocycles. The first kappa shape index (κ1) is 14.8. The van der Waals surface area contributed by atoms with Gasteiger partial charge in [-0.1, -0.05) is 24.3 Å². The Kier molecular flexibility index (Phi) is 3.68. The summed E-state index contributed by atoms with van der Waals surface area (Å²) in [4.78, 5) is 15.3. The van der Waals surface area contributed by atoms with E-state index in [1.807, 2.05) is 21.7 Å². The van der Waals surface area contributed by atoms with Crippen molar-refractivity contribution in [2.75, 3.05) is 10.7 Å². The first-order chi connectivity index (χ1) is 11.2. The smallest absolute Gasteiger partial charge is 0.246 e. The molecule has 4 nitrogen and oxygen atoms in total. The highest BCUT2D eigenvalue weighted by Gasteiger charge is 2.38. The molecule has 2 aliphatic heterocycles. The average Bonchev–Trinajstić information content (AvgIpc) is 3.04. The number of aromatic nitrogens is 2. The van der Waals surface area contributed by atoms with Crippen LogP contribution in [0.15, 0.2) is 36.5 Å². The van der Waals surface area contributed by atoms with Gasteiger partial charge < -0.3 is 0 Å². The Morgan fingerprint density at radius 2 is 2.04 bits per heavy atom. The minimum Gasteiger partial charge on any atom is -0.293 e. The zero-order valence-corrected chi connectivity index (χ0v) is 14.3. The summed E-state index contributed by atoms with van der Waals surface area (Å²) in [5.74, 6) is 2.14. The molecule has 0 spiro atoms. The predicted octanol–water partition coefficient (Wildman–Crippen LogP) is 3.60. The molecule has 0 aliphatic carbocycles. The highest BCUT2D eigenvalue weighted by atomic mass is 32.2. The van der Waals surface area contributed by atoms with E-state index in [1.54, 1.807) is 18.0 Å². The van der Waals surface area contributed by atoms with Crippen molar-refractivity contribution in [3.05, 3.63) is 47.7 Å². The number of hydrogen-bond donors (Lipinski definition) is 0. The van der Waals surface area contributed by atoms with Crippen LogP contribution in [0.5, 0.6) is 0 Å². The standard InChI is InChI=1S/C18H21N3OS/c1-12-11-13(2)21-16(7-9-19-21)20(12)18(22)17-15-6-4-3-5-14(15)8-10-23-17/h3-7,9,12-13,17H,8,10-11H2,1-2H3. The van der Waals surface area contributed by atoms with Crippen LogP contribution in [-0.4, -0.2) is 27.5 Å². The van der Waals surface area contributed by atoms with Gasteiger partial charge in [-0.3, -0.25) is 9.69 Å². The number of benzene rings is 1. The monoisotopic (exact) mass is 327 g/mol. The molecule has 3 heterocycles. The third-order valence-corrected chi connectivity index (χ3v) is 6.12. The van der Waals surface area contributed by atoms with E-state index in [2.05, 4.69) is 37.1 Å². The topological polar surface area (TPSA) is 38.1 Å². The zero-order valence-electron chi connectivity index (χ0n) is 13.5. The molecule has 0 saturated carbocycles. The fraction of sp³-hybridized carbons (Fsp3) is 0.444. The maximum atomic E-state index is 13.4. The molecule has 0 bridgehead atoms. The van der Waals surface area contributed by atoms with Crippen LogP contribution in [0.25, 0.3) is 0 Å². The predicted molar refractivity (Wildman–Crippen MR) is 93.8 cm³/mol. The molecule has 3 atom stereocenters. The number of carbonyl (C=O) groups is 1. The normalized spacial score (nSPS) is 26.5. The summed E-state index contributed by atoms with van der Waals surface area (Å²) in [6.45, 7) is 4.31. The highest BCUT2D eigenvalue weighted by molar-refractivity contribution is 8.00. The van der Waals surface area contributed by atoms with E-state index in [1.165, 1.54) is 11.1 Å². The third kappa shape index (κ3) is 2.38. The van der Waals surface area contributed by atoms with Crippen LogP contribution in [0.2, 0.25) is 0 Å². The van der Waals surface area contributed by atoms with Gasteiger partial charge in [-0.2, -0.15) is 5.10 Å². The first-order valence-corrected chi connectivity index (χ1v) is 9.27. The Morgan fingerprint density at radius 1 is 1.22 bits per heavy atom. The van der Waals surface area contributed by atoms with Gasteiger partial charge in [-0.25, -0.2) is 4.68 Å². The van der Waals surface area contributed by atoms with Crippen molar-refractivity contribution >= 4 is 23.5 Å². The maximum Gasteiger partial charge on any atom is 0.246 e. The van der Waals surface area contributed by atoms with Crippen LogP contribution in [0.3, 0.4) is 0 Å². The molecule has 0 saturated heterocycles. The van der Waals surface area contributed by atoms with Crippen molar-refractivity contribution in [3.63, 3.8) is 0 Å². The molecule has 0 N–H and O–H groups in total. The summed E-state index contributed by atoms with van der Waals surface area (Å²) in [7, 11) is 0. The molecule has 2 aliphatic rings. The quantitative estimate of drug-likeness (QED) is 0.803. The van der Waals surface area contributed by atoms with E-state index in [0.717, 1.165) is 24.4 Å². The molecule has 1 amide bonds. The summed E-state index contributed by atoms with van der Waals surface area (Å²) >= 11 is 1.77. The molecule has 2 aromatic rings. The van der Waals surface area contributed by atoms with Gasteiger partial charge in [0.05, 0.1) is 12.2 Å². The van der Waals surface area contributed by atoms with Crippen LogP contribution in [-0.2, 0) is 11.2 Å². The van der Waals surface area contributed by atoms with Crippen LogP contribution < -0.4 is 4.90 Å². The van der Waals surface area contributed by atoms with Crippen molar-refractivity contribution in [2.45, 2.75) is 44.0 Å². The second kappa shape index (κ2) is 5.71. The molecule has 4 rings (SSSR count). The minimum atomic E-state index is -0.0980. The number of amides is 1. The Hall–Kier alpha value is -1.75. The van der Waals surface area contributed by atoms with Crippen LogP contribution in [0.1, 0.15) is 42.7 Å². The van der Waals surface area contributed by atoms with Gasteiger partial charge in [0.2, 0.25) is 5.91 Å². The van der Waals surface area contributed by atoms with E-state index in [9.17, 15) is 4.79 Å². The SMILES string of the molecule is CC1CC(C)n2nccc2N1C(=O)C1SCCc2ccccc21. The summed E-state index contributed by atoms with van der Waals surface area (Å²) < 4.78 is 1.98. The number of nitrogens with zero attached hydrogens (tertiary/aromatic N) is 3. The highest BCUT2D eigenvalue weighted by Crippen LogP contribution is 2.41. The molecule has 23 heavy (non-hydrogen) atoms. The zero-order chi connectivity index (χ0) is 16.0. The molecule has 0 fully saturated rings. The van der Waals surface area contributed by atoms with Crippen molar-refractivity contribution in [1.29, 1.82) is 0 Å². The lowest BCUT2D eigenvalue weighted by molar-refractivity contribution is -0.119. The molecular formula is C18H21N3OS. The first-order valence-electron chi connectivity index (χ1n) is 8.23. The molecule has 3 unspecified atom stereocenters. The average molecular weight is 327 g/mol. The number of fused-ring (bicyclic) bond motifs is 2. The van der Waals surface area contributed by atoms with Gasteiger partial charge in [-0.05, 0) is 43.6 Å². The summed E-state index contributed by atoms with van der Waals surface area (Å²) in [5, 5.41) is 4.31. The fourth-order valence-electron chi connectivity index (χ4n) is 3.82. The van der Waals surface area contributed by atoms with Crippen molar-refractivity contribution in [1.82, 2.24) is 9.78 Å². The number of carbonyl (C=O) groups excluding carboxylic acids is 1. The largest absolute Gasteiger partial charge is 0.293 e. The third-order valence-electron chi connectivity index (χ3n) is 4.89. The van der Waals surface area contributed by atoms with Gasteiger partial charge in [0.25, 0.3) is 0 Å². The van der Waals surface area contributed by atoms with Gasteiger partial charge in [0, 0.05) is 12.1 Å². The summed E-state index contributed by atoms with van der Waals surface area (Å²) in [6, 6.07) is 10.9. The fourth-order valence-corrected chi connectivity index (χ4v) is 5.06. The lowest BCUT2D eigenvalue weighted by Crippen LogP contribution is -2.47. The van der Waals surface area contributed by atoms with Gasteiger partial charge in [0.15, 0.2) is 0 Å². The van der Waals surface area contributed by atoms with Crippen LogP contribution in [0.4, 0.5) is 5.82 Å². The van der Waals surface area contributed by atoms with Gasteiger partial charge in [0.1, 0.15) is 11.1 Å². The molecule has 120 valence electrons.